The maximum Gasteiger partial charge on any atom is 0.0578 e. The van der Waals surface area contributed by atoms with Crippen molar-refractivity contribution in [3.8, 4) is 0 Å². The van der Waals surface area contributed by atoms with Gasteiger partial charge in [-0.25, -0.2) is 0 Å². The van der Waals surface area contributed by atoms with Crippen molar-refractivity contribution in [3.05, 3.63) is 0 Å². The lowest BCUT2D eigenvalue weighted by molar-refractivity contribution is 0.547. The van der Waals surface area contributed by atoms with Gasteiger partial charge >= 0.3 is 0 Å². The Hall–Kier alpha value is -0.160. The Morgan fingerprint density at radius 3 is 1.00 bits per heavy atom. The topological polar surface area (TPSA) is 104 Å². The van der Waals surface area contributed by atoms with Gasteiger partial charge in [0, 0.05) is 0 Å². The van der Waals surface area contributed by atoms with Gasteiger partial charge in [-0.1, -0.05) is 0 Å². The molecule has 0 aliphatic heterocycles. The summed E-state index contributed by atoms with van der Waals surface area (Å²) in [6.45, 7) is 3.49. The summed E-state index contributed by atoms with van der Waals surface area (Å²) in [6, 6.07) is 0. The summed E-state index contributed by atoms with van der Waals surface area (Å²) in [5.74, 6) is 8.00. The van der Waals surface area contributed by atoms with Crippen LogP contribution in [0.3, 0.4) is 0 Å². The first-order valence-corrected chi connectivity index (χ1v) is 1.91. The molecule has 0 saturated heterocycles. The van der Waals surface area contributed by atoms with Crippen LogP contribution in [-0.2, 0) is 0 Å². The molecule has 0 aliphatic carbocycles. The molecule has 0 aromatic carbocycles. The second kappa shape index (κ2) is 4.01. The van der Waals surface area contributed by atoms with E-state index in [1.54, 1.807) is 13.8 Å². The van der Waals surface area contributed by atoms with Crippen LogP contribution in [0.15, 0.2) is 0 Å². The number of rotatable bonds is 0. The van der Waals surface area contributed by atoms with Crippen molar-refractivity contribution in [2.75, 3.05) is 0 Å². The molecule has 0 radical (unpaired) electrons. The molecule has 0 unspecified atom stereocenters. The highest BCUT2D eigenvalue weighted by Gasteiger charge is 1.95. The van der Waals surface area contributed by atoms with E-state index in [0.717, 1.165) is 0 Å². The van der Waals surface area contributed by atoms with E-state index in [1.165, 1.54) is 0 Å². The summed E-state index contributed by atoms with van der Waals surface area (Å²) in [5, 5.41) is 0. The van der Waals surface area contributed by atoms with Gasteiger partial charge in [0.05, 0.1) is 5.66 Å². The van der Waals surface area contributed by atoms with Gasteiger partial charge < -0.3 is 11.5 Å². The minimum absolute atomic E-state index is 0.500. The van der Waals surface area contributed by atoms with E-state index < -0.39 is 5.66 Å². The molecule has 0 fully saturated rings. The Bertz CT molecular complexity index is 22.4. The zero-order valence-electron chi connectivity index (χ0n) is 4.81. The third kappa shape index (κ3) is 3360. The molecule has 46 valence electrons. The average molecular weight is 106 g/mol. The highest BCUT2D eigenvalue weighted by molar-refractivity contribution is 4.57. The smallest absolute Gasteiger partial charge is 0.0578 e. The van der Waals surface area contributed by atoms with Crippen LogP contribution in [0.5, 0.6) is 0 Å². The van der Waals surface area contributed by atoms with E-state index in [1.807, 2.05) is 0 Å². The predicted octanol–water partition coefficient (Wildman–Crippen LogP) is -1.54. The first-order valence-electron chi connectivity index (χ1n) is 1.91. The van der Waals surface area contributed by atoms with Crippen LogP contribution in [0.4, 0.5) is 0 Å². The van der Waals surface area contributed by atoms with Gasteiger partial charge in [0.15, 0.2) is 0 Å². The fraction of sp³-hybridized carbons (Fsp3) is 1.00. The van der Waals surface area contributed by atoms with Crippen LogP contribution in [-0.4, -0.2) is 5.66 Å². The third-order valence-electron chi connectivity index (χ3n) is 0. The van der Waals surface area contributed by atoms with Crippen LogP contribution in [0.1, 0.15) is 13.8 Å². The standard InChI is InChI=1S/C3H10N2.H4N2/c1-3(2,4)5;1-2/h4-5H2,1-2H3;1-2H2. The molecule has 0 rings (SSSR count). The fourth-order valence-corrected chi connectivity index (χ4v) is 0. The highest BCUT2D eigenvalue weighted by atomic mass is 15.0. The molecule has 0 saturated carbocycles. The quantitative estimate of drug-likeness (QED) is 0.171. The van der Waals surface area contributed by atoms with Gasteiger partial charge in [-0.2, -0.15) is 0 Å². The summed E-state index contributed by atoms with van der Waals surface area (Å²) < 4.78 is 0. The van der Waals surface area contributed by atoms with Gasteiger partial charge in [-0.15, -0.1) is 0 Å². The lowest BCUT2D eigenvalue weighted by atomic mass is 10.3. The lowest BCUT2D eigenvalue weighted by Crippen LogP contribution is -2.42. The van der Waals surface area contributed by atoms with Gasteiger partial charge in [0.25, 0.3) is 0 Å². The molecule has 8 N–H and O–H groups in total. The minimum Gasteiger partial charge on any atom is -0.314 e. The molecule has 0 bridgehead atoms. The second-order valence-electron chi connectivity index (χ2n) is 1.82. The molecule has 7 heavy (non-hydrogen) atoms. The highest BCUT2D eigenvalue weighted by Crippen LogP contribution is 1.76. The molecule has 0 spiro atoms. The molecule has 0 aliphatic rings. The van der Waals surface area contributed by atoms with Crippen LogP contribution in [0.2, 0.25) is 0 Å². The van der Waals surface area contributed by atoms with Gasteiger partial charge in [-0.3, -0.25) is 11.7 Å². The fourth-order valence-electron chi connectivity index (χ4n) is 0. The summed E-state index contributed by atoms with van der Waals surface area (Å²) in [5.41, 5.74) is 9.76. The minimum atomic E-state index is -0.500. The average Bonchev–Trinajstić information content (AvgIpc) is 1.36. The van der Waals surface area contributed by atoms with Crippen LogP contribution in [0.25, 0.3) is 0 Å². The molecular formula is C3H14N4. The van der Waals surface area contributed by atoms with E-state index in [4.69, 9.17) is 11.5 Å². The summed E-state index contributed by atoms with van der Waals surface area (Å²) in [7, 11) is 0. The van der Waals surface area contributed by atoms with Gasteiger partial charge in [0.1, 0.15) is 0 Å². The largest absolute Gasteiger partial charge is 0.314 e. The van der Waals surface area contributed by atoms with Gasteiger partial charge in [0.2, 0.25) is 0 Å². The molecular weight excluding hydrogens is 92.1 g/mol. The van der Waals surface area contributed by atoms with Crippen molar-refractivity contribution < 1.29 is 0 Å². The molecule has 0 atom stereocenters. The zero-order chi connectivity index (χ0) is 6.50. The Morgan fingerprint density at radius 2 is 1.00 bits per heavy atom. The number of hydrazine groups is 1. The van der Waals surface area contributed by atoms with Crippen LogP contribution >= 0.6 is 0 Å². The van der Waals surface area contributed by atoms with E-state index in [9.17, 15) is 0 Å². The molecule has 0 aromatic rings. The Morgan fingerprint density at radius 1 is 1.00 bits per heavy atom. The second-order valence-corrected chi connectivity index (χ2v) is 1.82. The number of hydrogen-bond acceptors (Lipinski definition) is 4. The van der Waals surface area contributed by atoms with Crippen molar-refractivity contribution in [3.63, 3.8) is 0 Å². The predicted molar refractivity (Wildman–Crippen MR) is 30.8 cm³/mol. The monoisotopic (exact) mass is 106 g/mol. The summed E-state index contributed by atoms with van der Waals surface area (Å²) in [6.07, 6.45) is 0. The SMILES string of the molecule is CC(C)(N)N.NN. The van der Waals surface area contributed by atoms with Crippen LogP contribution < -0.4 is 23.2 Å². The first-order chi connectivity index (χ1) is 3.00. The number of hydrogen-bond donors (Lipinski definition) is 4. The normalized spacial score (nSPS) is 9.43. The first kappa shape index (κ1) is 9.96. The van der Waals surface area contributed by atoms with Crippen molar-refractivity contribution in [2.24, 2.45) is 23.2 Å². The van der Waals surface area contributed by atoms with E-state index >= 15 is 0 Å². The Labute approximate surface area is 43.8 Å². The zero-order valence-corrected chi connectivity index (χ0v) is 4.81. The summed E-state index contributed by atoms with van der Waals surface area (Å²) in [4.78, 5) is 0. The molecule has 0 heterocycles. The molecule has 4 heteroatoms. The lowest BCUT2D eigenvalue weighted by Gasteiger charge is -2.07. The van der Waals surface area contributed by atoms with Crippen molar-refractivity contribution >= 4 is 0 Å². The maximum absolute atomic E-state index is 5.13. The van der Waals surface area contributed by atoms with E-state index in [-0.39, 0.29) is 0 Å². The third-order valence-corrected chi connectivity index (χ3v) is 0. The van der Waals surface area contributed by atoms with Crippen molar-refractivity contribution in [1.29, 1.82) is 0 Å². The van der Waals surface area contributed by atoms with Crippen LogP contribution in [0, 0.1) is 0 Å². The Balaban J connectivity index is 0. The van der Waals surface area contributed by atoms with Crippen molar-refractivity contribution in [1.82, 2.24) is 0 Å². The number of nitrogens with two attached hydrogens (primary N) is 4. The Kier molecular flexibility index (Phi) is 5.71. The van der Waals surface area contributed by atoms with Gasteiger partial charge in [-0.05, 0) is 13.8 Å². The molecule has 0 amide bonds. The van der Waals surface area contributed by atoms with E-state index in [0.29, 0.717) is 0 Å². The summed E-state index contributed by atoms with van der Waals surface area (Å²) >= 11 is 0. The molecule has 4 nitrogen and oxygen atoms in total. The van der Waals surface area contributed by atoms with E-state index in [2.05, 4.69) is 11.7 Å². The molecule has 0 aromatic heterocycles. The maximum atomic E-state index is 5.13. The van der Waals surface area contributed by atoms with Crippen molar-refractivity contribution in [2.45, 2.75) is 19.5 Å².